The molecule has 0 saturated heterocycles. The predicted molar refractivity (Wildman–Crippen MR) is 70.0 cm³/mol. The van der Waals surface area contributed by atoms with E-state index in [1.807, 2.05) is 26.0 Å². The van der Waals surface area contributed by atoms with Crippen LogP contribution in [0.5, 0.6) is 5.75 Å². The van der Waals surface area contributed by atoms with Gasteiger partial charge in [-0.25, -0.2) is 0 Å². The van der Waals surface area contributed by atoms with Crippen molar-refractivity contribution in [3.63, 3.8) is 0 Å². The Balaban J connectivity index is 2.09. The molecular weight excluding hydrogens is 214 g/mol. The molecule has 3 heteroatoms. The maximum atomic E-state index is 9.53. The van der Waals surface area contributed by atoms with E-state index < -0.39 is 5.60 Å². The van der Waals surface area contributed by atoms with Crippen molar-refractivity contribution in [2.75, 3.05) is 6.54 Å². The Kier molecular flexibility index (Phi) is 5.45. The lowest BCUT2D eigenvalue weighted by Crippen LogP contribution is -2.19. The normalized spacial score (nSPS) is 11.7. The lowest BCUT2D eigenvalue weighted by atomic mass is 10.0. The highest BCUT2D eigenvalue weighted by Crippen LogP contribution is 2.12. The van der Waals surface area contributed by atoms with E-state index in [1.54, 1.807) is 12.1 Å². The van der Waals surface area contributed by atoms with Crippen LogP contribution >= 0.6 is 0 Å². The van der Waals surface area contributed by atoms with Gasteiger partial charge in [0.05, 0.1) is 5.60 Å². The molecular formula is C14H23NO2. The summed E-state index contributed by atoms with van der Waals surface area (Å²) in [6.07, 6.45) is 2.92. The summed E-state index contributed by atoms with van der Waals surface area (Å²) in [5.74, 6) is 0.311. The maximum Gasteiger partial charge on any atom is 0.115 e. The van der Waals surface area contributed by atoms with Crippen molar-refractivity contribution in [2.24, 2.45) is 0 Å². The van der Waals surface area contributed by atoms with Crippen molar-refractivity contribution in [2.45, 2.75) is 45.3 Å². The topological polar surface area (TPSA) is 52.5 Å². The van der Waals surface area contributed by atoms with Crippen molar-refractivity contribution in [3.05, 3.63) is 29.8 Å². The summed E-state index contributed by atoms with van der Waals surface area (Å²) in [7, 11) is 0. The number of benzene rings is 1. The molecule has 0 fully saturated rings. The molecule has 1 rings (SSSR count). The fourth-order valence-electron chi connectivity index (χ4n) is 1.71. The molecule has 3 N–H and O–H groups in total. The lowest BCUT2D eigenvalue weighted by Gasteiger charge is -2.16. The molecule has 0 spiro atoms. The van der Waals surface area contributed by atoms with Crippen LogP contribution in [0.4, 0.5) is 0 Å². The number of hydrogen-bond acceptors (Lipinski definition) is 3. The number of hydrogen-bond donors (Lipinski definition) is 3. The summed E-state index contributed by atoms with van der Waals surface area (Å²) in [6, 6.07) is 7.28. The Hall–Kier alpha value is -1.06. The van der Waals surface area contributed by atoms with Crippen molar-refractivity contribution in [1.82, 2.24) is 5.32 Å². The van der Waals surface area contributed by atoms with Gasteiger partial charge in [-0.3, -0.25) is 0 Å². The Bertz CT molecular complexity index is 331. The summed E-state index contributed by atoms with van der Waals surface area (Å²) in [5.41, 5.74) is 0.540. The molecule has 0 aliphatic carbocycles. The molecule has 0 radical (unpaired) electrons. The highest BCUT2D eigenvalue weighted by molar-refractivity contribution is 5.26. The Morgan fingerprint density at radius 3 is 2.65 bits per heavy atom. The van der Waals surface area contributed by atoms with E-state index in [1.165, 1.54) is 0 Å². The van der Waals surface area contributed by atoms with E-state index in [2.05, 4.69) is 5.32 Å². The molecule has 0 unspecified atom stereocenters. The minimum absolute atomic E-state index is 0.311. The fraction of sp³-hybridized carbons (Fsp3) is 0.571. The fourth-order valence-corrected chi connectivity index (χ4v) is 1.71. The molecule has 1 aromatic rings. The van der Waals surface area contributed by atoms with E-state index in [-0.39, 0.29) is 0 Å². The average Bonchev–Trinajstić information content (AvgIpc) is 2.22. The molecule has 0 atom stereocenters. The van der Waals surface area contributed by atoms with Gasteiger partial charge in [0.15, 0.2) is 0 Å². The zero-order chi connectivity index (χ0) is 12.7. The predicted octanol–water partition coefficient (Wildman–Crippen LogP) is 2.42. The van der Waals surface area contributed by atoms with Crippen LogP contribution in [0.2, 0.25) is 0 Å². The molecule has 17 heavy (non-hydrogen) atoms. The first-order valence-electron chi connectivity index (χ1n) is 6.18. The minimum atomic E-state index is -0.550. The minimum Gasteiger partial charge on any atom is -0.508 e. The van der Waals surface area contributed by atoms with Crippen molar-refractivity contribution in [1.29, 1.82) is 0 Å². The Morgan fingerprint density at radius 2 is 2.00 bits per heavy atom. The standard InChI is InChI=1S/C14H23NO2/c1-14(2,17)8-3-4-9-15-11-12-6-5-7-13(16)10-12/h5-7,10,15-17H,3-4,8-9,11H2,1-2H3. The summed E-state index contributed by atoms with van der Waals surface area (Å²) < 4.78 is 0. The summed E-state index contributed by atoms with van der Waals surface area (Å²) in [5, 5.41) is 22.1. The molecule has 0 aliphatic heterocycles. The zero-order valence-corrected chi connectivity index (χ0v) is 10.7. The van der Waals surface area contributed by atoms with Crippen molar-refractivity contribution in [3.8, 4) is 5.75 Å². The summed E-state index contributed by atoms with van der Waals surface area (Å²) in [4.78, 5) is 0. The van der Waals surface area contributed by atoms with Crippen LogP contribution in [0.3, 0.4) is 0 Å². The molecule has 0 saturated carbocycles. The third-order valence-corrected chi connectivity index (χ3v) is 2.63. The van der Waals surface area contributed by atoms with Gasteiger partial charge in [0.1, 0.15) is 5.75 Å². The molecule has 0 aromatic heterocycles. The molecule has 0 aliphatic rings. The van der Waals surface area contributed by atoms with E-state index in [4.69, 9.17) is 0 Å². The number of phenolic OH excluding ortho intramolecular Hbond substituents is 1. The summed E-state index contributed by atoms with van der Waals surface area (Å²) in [6.45, 7) is 5.39. The second kappa shape index (κ2) is 6.62. The van der Waals surface area contributed by atoms with E-state index in [0.29, 0.717) is 5.75 Å². The summed E-state index contributed by atoms with van der Waals surface area (Å²) >= 11 is 0. The smallest absolute Gasteiger partial charge is 0.115 e. The number of aromatic hydroxyl groups is 1. The van der Waals surface area contributed by atoms with E-state index >= 15 is 0 Å². The molecule has 0 heterocycles. The highest BCUT2D eigenvalue weighted by Gasteiger charge is 2.10. The monoisotopic (exact) mass is 237 g/mol. The number of phenols is 1. The first-order chi connectivity index (χ1) is 7.97. The number of unbranched alkanes of at least 4 members (excludes halogenated alkanes) is 1. The van der Waals surface area contributed by atoms with Crippen LogP contribution in [-0.2, 0) is 6.54 Å². The third-order valence-electron chi connectivity index (χ3n) is 2.63. The number of nitrogens with one attached hydrogen (secondary N) is 1. The van der Waals surface area contributed by atoms with E-state index in [0.717, 1.165) is 37.9 Å². The van der Waals surface area contributed by atoms with Gasteiger partial charge in [-0.05, 0) is 57.4 Å². The van der Waals surface area contributed by atoms with Gasteiger partial charge in [0, 0.05) is 6.54 Å². The van der Waals surface area contributed by atoms with Gasteiger partial charge in [-0.1, -0.05) is 12.1 Å². The molecule has 0 amide bonds. The number of aliphatic hydroxyl groups is 1. The van der Waals surface area contributed by atoms with Gasteiger partial charge in [0.2, 0.25) is 0 Å². The largest absolute Gasteiger partial charge is 0.508 e. The van der Waals surface area contributed by atoms with Gasteiger partial charge in [-0.2, -0.15) is 0 Å². The lowest BCUT2D eigenvalue weighted by molar-refractivity contribution is 0.0682. The van der Waals surface area contributed by atoms with E-state index in [9.17, 15) is 10.2 Å². The van der Waals surface area contributed by atoms with Crippen LogP contribution in [-0.4, -0.2) is 22.4 Å². The molecule has 3 nitrogen and oxygen atoms in total. The molecule has 96 valence electrons. The second-order valence-corrected chi connectivity index (χ2v) is 5.12. The SMILES string of the molecule is CC(C)(O)CCCCNCc1cccc(O)c1. The van der Waals surface area contributed by atoms with Gasteiger partial charge in [0.25, 0.3) is 0 Å². The Morgan fingerprint density at radius 1 is 1.24 bits per heavy atom. The van der Waals surface area contributed by atoms with Crippen LogP contribution in [0.15, 0.2) is 24.3 Å². The Labute approximate surface area is 103 Å². The van der Waals surface area contributed by atoms with Crippen LogP contribution < -0.4 is 5.32 Å². The maximum absolute atomic E-state index is 9.53. The third kappa shape index (κ3) is 6.97. The number of rotatable bonds is 7. The first kappa shape index (κ1) is 14.0. The van der Waals surface area contributed by atoms with Gasteiger partial charge >= 0.3 is 0 Å². The molecule has 1 aromatic carbocycles. The van der Waals surface area contributed by atoms with Crippen LogP contribution in [0.25, 0.3) is 0 Å². The van der Waals surface area contributed by atoms with Crippen LogP contribution in [0, 0.1) is 0 Å². The van der Waals surface area contributed by atoms with Gasteiger partial charge < -0.3 is 15.5 Å². The van der Waals surface area contributed by atoms with Crippen molar-refractivity contribution >= 4 is 0 Å². The van der Waals surface area contributed by atoms with Crippen molar-refractivity contribution < 1.29 is 10.2 Å². The van der Waals surface area contributed by atoms with Crippen LogP contribution in [0.1, 0.15) is 38.7 Å². The highest BCUT2D eigenvalue weighted by atomic mass is 16.3. The molecule has 0 bridgehead atoms. The zero-order valence-electron chi connectivity index (χ0n) is 10.7. The first-order valence-corrected chi connectivity index (χ1v) is 6.18. The van der Waals surface area contributed by atoms with Gasteiger partial charge in [-0.15, -0.1) is 0 Å². The quantitative estimate of drug-likeness (QED) is 0.638. The second-order valence-electron chi connectivity index (χ2n) is 5.12. The average molecular weight is 237 g/mol.